The highest BCUT2D eigenvalue weighted by Gasteiger charge is 2.12. The predicted molar refractivity (Wildman–Crippen MR) is 81.7 cm³/mol. The van der Waals surface area contributed by atoms with Gasteiger partial charge in [0.05, 0.1) is 11.4 Å². The quantitative estimate of drug-likeness (QED) is 0.799. The molecule has 0 spiro atoms. The Morgan fingerprint density at radius 1 is 1.10 bits per heavy atom. The van der Waals surface area contributed by atoms with Crippen molar-refractivity contribution in [1.82, 2.24) is 9.38 Å². The lowest BCUT2D eigenvalue weighted by molar-refractivity contribution is 0.617. The van der Waals surface area contributed by atoms with Gasteiger partial charge in [0.2, 0.25) is 0 Å². The lowest BCUT2D eigenvalue weighted by Crippen LogP contribution is -2.05. The normalized spacial score (nSPS) is 11.2. The van der Waals surface area contributed by atoms with E-state index >= 15 is 0 Å². The summed E-state index contributed by atoms with van der Waals surface area (Å²) in [6, 6.07) is 11.6. The fraction of sp³-hybridized carbons (Fsp3) is 0.235. The second-order valence-electron chi connectivity index (χ2n) is 5.13. The first-order valence-corrected chi connectivity index (χ1v) is 7.14. The van der Waals surface area contributed by atoms with Gasteiger partial charge in [-0.2, -0.15) is 0 Å². The van der Waals surface area contributed by atoms with Gasteiger partial charge >= 0.3 is 0 Å². The predicted octanol–water partition coefficient (Wildman–Crippen LogP) is 3.09. The van der Waals surface area contributed by atoms with E-state index in [0.717, 1.165) is 23.5 Å². The molecule has 108 valence electrons. The van der Waals surface area contributed by atoms with Gasteiger partial charge in [0, 0.05) is 19.2 Å². The van der Waals surface area contributed by atoms with E-state index in [1.165, 1.54) is 23.4 Å². The average molecular weight is 283 g/mol. The van der Waals surface area contributed by atoms with Crippen LogP contribution < -0.4 is 5.73 Å². The van der Waals surface area contributed by atoms with Crippen LogP contribution in [0, 0.1) is 5.82 Å². The number of hydrogen-bond acceptors (Lipinski definition) is 2. The molecule has 0 bridgehead atoms. The van der Waals surface area contributed by atoms with E-state index in [2.05, 4.69) is 36.2 Å². The van der Waals surface area contributed by atoms with Gasteiger partial charge in [-0.1, -0.05) is 31.2 Å². The number of nitrogens with two attached hydrogens (primary N) is 1. The number of imidazole rings is 1. The molecule has 0 saturated heterocycles. The summed E-state index contributed by atoms with van der Waals surface area (Å²) in [5, 5.41) is 0. The van der Waals surface area contributed by atoms with Crippen LogP contribution in [-0.4, -0.2) is 9.38 Å². The van der Waals surface area contributed by atoms with Crippen molar-refractivity contribution in [2.75, 3.05) is 0 Å². The minimum Gasteiger partial charge on any atom is -0.325 e. The zero-order valence-electron chi connectivity index (χ0n) is 12.0. The highest BCUT2D eigenvalue weighted by molar-refractivity contribution is 5.44. The third-order valence-corrected chi connectivity index (χ3v) is 3.76. The lowest BCUT2D eigenvalue weighted by atomic mass is 10.1. The molecule has 2 N–H and O–H groups in total. The lowest BCUT2D eigenvalue weighted by Gasteiger charge is -2.04. The molecule has 0 atom stereocenters. The Hall–Kier alpha value is -2.20. The number of rotatable bonds is 4. The molecular weight excluding hydrogens is 265 g/mol. The van der Waals surface area contributed by atoms with Gasteiger partial charge in [-0.25, -0.2) is 9.37 Å². The molecule has 0 aliphatic carbocycles. The van der Waals surface area contributed by atoms with Gasteiger partial charge in [0.15, 0.2) is 0 Å². The van der Waals surface area contributed by atoms with Gasteiger partial charge in [0.25, 0.3) is 0 Å². The number of pyridine rings is 1. The zero-order valence-corrected chi connectivity index (χ0v) is 12.0. The number of aryl methyl sites for hydroxylation is 1. The highest BCUT2D eigenvalue weighted by Crippen LogP contribution is 2.17. The molecule has 0 aliphatic rings. The van der Waals surface area contributed by atoms with Crippen molar-refractivity contribution in [3.05, 3.63) is 70.9 Å². The highest BCUT2D eigenvalue weighted by atomic mass is 19.1. The van der Waals surface area contributed by atoms with E-state index in [1.54, 1.807) is 10.5 Å². The Kier molecular flexibility index (Phi) is 3.71. The van der Waals surface area contributed by atoms with E-state index in [9.17, 15) is 4.39 Å². The number of nitrogens with zero attached hydrogens (tertiary/aromatic N) is 2. The smallest absolute Gasteiger partial charge is 0.139 e. The number of aromatic nitrogens is 2. The van der Waals surface area contributed by atoms with Gasteiger partial charge in [0.1, 0.15) is 11.5 Å². The fourth-order valence-corrected chi connectivity index (χ4v) is 2.56. The van der Waals surface area contributed by atoms with Crippen LogP contribution in [0.5, 0.6) is 0 Å². The maximum Gasteiger partial charge on any atom is 0.139 e. The Balaban J connectivity index is 1.99. The maximum atomic E-state index is 13.4. The number of benzene rings is 1. The molecule has 0 fully saturated rings. The summed E-state index contributed by atoms with van der Waals surface area (Å²) in [6.45, 7) is 2.48. The van der Waals surface area contributed by atoms with Crippen molar-refractivity contribution in [3.8, 4) is 0 Å². The molecule has 3 aromatic rings. The fourth-order valence-electron chi connectivity index (χ4n) is 2.56. The van der Waals surface area contributed by atoms with Crippen LogP contribution in [0.2, 0.25) is 0 Å². The first-order valence-electron chi connectivity index (χ1n) is 7.14. The first-order chi connectivity index (χ1) is 10.2. The van der Waals surface area contributed by atoms with Crippen molar-refractivity contribution < 1.29 is 4.39 Å². The Labute approximate surface area is 123 Å². The molecule has 21 heavy (non-hydrogen) atoms. The summed E-state index contributed by atoms with van der Waals surface area (Å²) in [4.78, 5) is 4.58. The molecule has 2 heterocycles. The Bertz CT molecular complexity index is 760. The molecule has 3 nitrogen and oxygen atoms in total. The number of hydrogen-bond donors (Lipinski definition) is 1. The topological polar surface area (TPSA) is 43.3 Å². The minimum absolute atomic E-state index is 0.284. The molecule has 3 rings (SSSR count). The molecular formula is C17H18FN3. The van der Waals surface area contributed by atoms with Crippen molar-refractivity contribution in [2.45, 2.75) is 26.3 Å². The molecule has 0 radical (unpaired) electrons. The number of fused-ring (bicyclic) bond motifs is 1. The molecule has 2 aromatic heterocycles. The van der Waals surface area contributed by atoms with Gasteiger partial charge in [-0.05, 0) is 29.7 Å². The minimum atomic E-state index is -0.284. The van der Waals surface area contributed by atoms with Gasteiger partial charge < -0.3 is 5.73 Å². The van der Waals surface area contributed by atoms with Crippen LogP contribution in [0.4, 0.5) is 4.39 Å². The molecule has 0 saturated carbocycles. The maximum absolute atomic E-state index is 13.4. The summed E-state index contributed by atoms with van der Waals surface area (Å²) in [6.07, 6.45) is 3.18. The summed E-state index contributed by atoms with van der Waals surface area (Å²) < 4.78 is 15.1. The van der Waals surface area contributed by atoms with E-state index < -0.39 is 0 Å². The molecule has 4 heteroatoms. The van der Waals surface area contributed by atoms with Crippen LogP contribution in [0.15, 0.2) is 42.6 Å². The Morgan fingerprint density at radius 3 is 2.48 bits per heavy atom. The van der Waals surface area contributed by atoms with Crippen LogP contribution in [0.1, 0.15) is 29.4 Å². The SMILES string of the molecule is CCc1ccc(Cc2nc3ccc(F)cn3c2CN)cc1. The summed E-state index contributed by atoms with van der Waals surface area (Å²) in [5.41, 5.74) is 10.8. The third kappa shape index (κ3) is 2.67. The molecule has 0 amide bonds. The van der Waals surface area contributed by atoms with Crippen molar-refractivity contribution >= 4 is 5.65 Å². The molecule has 0 aliphatic heterocycles. The number of halogens is 1. The van der Waals surface area contributed by atoms with Gasteiger partial charge in [-0.3, -0.25) is 4.40 Å². The zero-order chi connectivity index (χ0) is 14.8. The van der Waals surface area contributed by atoms with E-state index in [4.69, 9.17) is 5.73 Å². The third-order valence-electron chi connectivity index (χ3n) is 3.76. The Morgan fingerprint density at radius 2 is 1.81 bits per heavy atom. The van der Waals surface area contributed by atoms with Crippen LogP contribution in [0.25, 0.3) is 5.65 Å². The van der Waals surface area contributed by atoms with Crippen LogP contribution in [-0.2, 0) is 19.4 Å². The van der Waals surface area contributed by atoms with E-state index in [-0.39, 0.29) is 5.82 Å². The second kappa shape index (κ2) is 5.66. The van der Waals surface area contributed by atoms with E-state index in [1.807, 2.05) is 0 Å². The molecule has 1 aromatic carbocycles. The largest absolute Gasteiger partial charge is 0.325 e. The monoisotopic (exact) mass is 283 g/mol. The molecule has 0 unspecified atom stereocenters. The van der Waals surface area contributed by atoms with Gasteiger partial charge in [-0.15, -0.1) is 0 Å². The standard InChI is InChI=1S/C17H18FN3/c1-2-12-3-5-13(6-4-12)9-15-16(10-19)21-11-14(18)7-8-17(21)20-15/h3-8,11H,2,9-10,19H2,1H3. The van der Waals surface area contributed by atoms with E-state index in [0.29, 0.717) is 13.0 Å². The van der Waals surface area contributed by atoms with Crippen molar-refractivity contribution in [1.29, 1.82) is 0 Å². The second-order valence-corrected chi connectivity index (χ2v) is 5.13. The van der Waals surface area contributed by atoms with Crippen molar-refractivity contribution in [2.24, 2.45) is 5.73 Å². The van der Waals surface area contributed by atoms with Crippen molar-refractivity contribution in [3.63, 3.8) is 0 Å². The first kappa shape index (κ1) is 13.8. The summed E-state index contributed by atoms with van der Waals surface area (Å²) in [5.74, 6) is -0.284. The summed E-state index contributed by atoms with van der Waals surface area (Å²) >= 11 is 0. The average Bonchev–Trinajstić information content (AvgIpc) is 2.84. The van der Waals surface area contributed by atoms with Crippen LogP contribution in [0.3, 0.4) is 0 Å². The summed E-state index contributed by atoms with van der Waals surface area (Å²) in [7, 11) is 0. The van der Waals surface area contributed by atoms with Crippen LogP contribution >= 0.6 is 0 Å².